The molecule has 0 spiro atoms. The highest BCUT2D eigenvalue weighted by Crippen LogP contribution is 2.38. The SMILES string of the molecule is CCCCCCCCCCCCCCCc1cccc(OC)c1C1NC(=O)NC(CSc2nc3ccccc3[nH]2)=C1C(=O)OCC. The number of rotatable bonds is 21. The second kappa shape index (κ2) is 19.3. The number of amides is 2. The molecule has 1 unspecified atom stereocenters. The predicted octanol–water partition coefficient (Wildman–Crippen LogP) is 9.17. The Hall–Kier alpha value is -3.46. The highest BCUT2D eigenvalue weighted by atomic mass is 32.2. The zero-order valence-corrected chi connectivity index (χ0v) is 28.7. The summed E-state index contributed by atoms with van der Waals surface area (Å²) in [6.07, 6.45) is 17.7. The first-order valence-corrected chi connectivity index (χ1v) is 18.2. The van der Waals surface area contributed by atoms with E-state index in [0.717, 1.165) is 41.4 Å². The van der Waals surface area contributed by atoms with Gasteiger partial charge in [0, 0.05) is 17.0 Å². The van der Waals surface area contributed by atoms with E-state index < -0.39 is 12.0 Å². The van der Waals surface area contributed by atoms with Gasteiger partial charge in [-0.15, -0.1) is 0 Å². The molecule has 0 aliphatic carbocycles. The highest BCUT2D eigenvalue weighted by Gasteiger charge is 2.36. The lowest BCUT2D eigenvalue weighted by molar-refractivity contribution is -0.139. The van der Waals surface area contributed by atoms with Crippen molar-refractivity contribution in [1.82, 2.24) is 20.6 Å². The Morgan fingerprint density at radius 3 is 2.20 bits per heavy atom. The first-order valence-electron chi connectivity index (χ1n) is 17.3. The Bertz CT molecular complexity index is 1400. The van der Waals surface area contributed by atoms with E-state index in [1.165, 1.54) is 82.4 Å². The maximum Gasteiger partial charge on any atom is 0.338 e. The molecular formula is C37H52N4O4S. The third-order valence-electron chi connectivity index (χ3n) is 8.58. The zero-order valence-electron chi connectivity index (χ0n) is 27.9. The normalized spacial score (nSPS) is 14.8. The summed E-state index contributed by atoms with van der Waals surface area (Å²) in [6.45, 7) is 4.28. The number of fused-ring (bicyclic) bond motifs is 1. The predicted molar refractivity (Wildman–Crippen MR) is 187 cm³/mol. The molecule has 1 aromatic heterocycles. The van der Waals surface area contributed by atoms with Gasteiger partial charge >= 0.3 is 12.0 Å². The number of carbonyl (C=O) groups is 2. The van der Waals surface area contributed by atoms with E-state index in [4.69, 9.17) is 9.47 Å². The van der Waals surface area contributed by atoms with Crippen molar-refractivity contribution in [2.45, 2.75) is 115 Å². The number of esters is 1. The van der Waals surface area contributed by atoms with E-state index >= 15 is 0 Å². The van der Waals surface area contributed by atoms with Crippen molar-refractivity contribution in [3.8, 4) is 5.75 Å². The van der Waals surface area contributed by atoms with E-state index in [-0.39, 0.29) is 12.6 Å². The summed E-state index contributed by atoms with van der Waals surface area (Å²) in [4.78, 5) is 34.5. The fourth-order valence-electron chi connectivity index (χ4n) is 6.18. The summed E-state index contributed by atoms with van der Waals surface area (Å²) < 4.78 is 11.3. The second-order valence-corrected chi connectivity index (χ2v) is 13.0. The molecule has 4 rings (SSSR count). The van der Waals surface area contributed by atoms with Crippen molar-refractivity contribution in [3.05, 3.63) is 64.9 Å². The third-order valence-corrected chi connectivity index (χ3v) is 9.48. The van der Waals surface area contributed by atoms with Crippen LogP contribution in [0.3, 0.4) is 0 Å². The Labute approximate surface area is 278 Å². The van der Waals surface area contributed by atoms with Gasteiger partial charge in [0.25, 0.3) is 0 Å². The summed E-state index contributed by atoms with van der Waals surface area (Å²) >= 11 is 1.43. The maximum absolute atomic E-state index is 13.5. The van der Waals surface area contributed by atoms with Gasteiger partial charge in [-0.3, -0.25) is 0 Å². The number of urea groups is 1. The third kappa shape index (κ3) is 10.3. The average Bonchev–Trinajstić information content (AvgIpc) is 3.48. The number of methoxy groups -OCH3 is 1. The molecule has 250 valence electrons. The van der Waals surface area contributed by atoms with Gasteiger partial charge in [0.15, 0.2) is 5.16 Å². The summed E-state index contributed by atoms with van der Waals surface area (Å²) in [5.41, 5.74) is 4.58. The van der Waals surface area contributed by atoms with Gasteiger partial charge < -0.3 is 25.1 Å². The lowest BCUT2D eigenvalue weighted by Gasteiger charge is -2.31. The van der Waals surface area contributed by atoms with Crippen LogP contribution in [-0.4, -0.2) is 41.4 Å². The van der Waals surface area contributed by atoms with Crippen molar-refractivity contribution in [2.24, 2.45) is 0 Å². The van der Waals surface area contributed by atoms with E-state index in [1.54, 1.807) is 14.0 Å². The molecule has 3 aromatic rings. The monoisotopic (exact) mass is 648 g/mol. The number of hydrogen-bond donors (Lipinski definition) is 3. The van der Waals surface area contributed by atoms with Crippen LogP contribution in [-0.2, 0) is 16.0 Å². The molecule has 2 amide bonds. The molecule has 8 nitrogen and oxygen atoms in total. The maximum atomic E-state index is 13.5. The smallest absolute Gasteiger partial charge is 0.338 e. The fourth-order valence-corrected chi connectivity index (χ4v) is 7.04. The van der Waals surface area contributed by atoms with Crippen molar-refractivity contribution >= 4 is 34.8 Å². The summed E-state index contributed by atoms with van der Waals surface area (Å²) in [5.74, 6) is 0.518. The number of imidazole rings is 1. The topological polar surface area (TPSA) is 105 Å². The number of hydrogen-bond acceptors (Lipinski definition) is 6. The number of unbranched alkanes of at least 4 members (excludes halogenated alkanes) is 12. The molecule has 9 heteroatoms. The molecule has 3 N–H and O–H groups in total. The van der Waals surface area contributed by atoms with Crippen LogP contribution in [0.1, 0.15) is 114 Å². The molecule has 2 heterocycles. The number of nitrogens with one attached hydrogen (secondary N) is 3. The highest BCUT2D eigenvalue weighted by molar-refractivity contribution is 7.99. The number of nitrogens with zero attached hydrogens (tertiary/aromatic N) is 1. The quantitative estimate of drug-likeness (QED) is 0.0604. The van der Waals surface area contributed by atoms with E-state index in [1.807, 2.05) is 36.4 Å². The average molecular weight is 649 g/mol. The number of para-hydroxylation sites is 2. The lowest BCUT2D eigenvalue weighted by atomic mass is 9.89. The number of ether oxygens (including phenoxy) is 2. The van der Waals surface area contributed by atoms with Crippen LogP contribution < -0.4 is 15.4 Å². The van der Waals surface area contributed by atoms with Gasteiger partial charge in [-0.05, 0) is 43.5 Å². The molecule has 1 aliphatic rings. The van der Waals surface area contributed by atoms with E-state index in [2.05, 4.69) is 33.6 Å². The first-order chi connectivity index (χ1) is 22.5. The lowest BCUT2D eigenvalue weighted by Crippen LogP contribution is -2.47. The van der Waals surface area contributed by atoms with Crippen LogP contribution in [0.4, 0.5) is 4.79 Å². The molecule has 0 bridgehead atoms. The van der Waals surface area contributed by atoms with Crippen LogP contribution in [0.5, 0.6) is 5.75 Å². The Morgan fingerprint density at radius 1 is 0.870 bits per heavy atom. The summed E-state index contributed by atoms with van der Waals surface area (Å²) in [6, 6.07) is 12.7. The molecular weight excluding hydrogens is 596 g/mol. The number of benzene rings is 2. The van der Waals surface area contributed by atoms with Crippen LogP contribution >= 0.6 is 11.8 Å². The number of carbonyl (C=O) groups excluding carboxylic acids is 2. The molecule has 0 fully saturated rings. The molecule has 0 radical (unpaired) electrons. The number of aromatic nitrogens is 2. The van der Waals surface area contributed by atoms with Crippen molar-refractivity contribution in [2.75, 3.05) is 19.5 Å². The van der Waals surface area contributed by atoms with Crippen molar-refractivity contribution in [3.63, 3.8) is 0 Å². The summed E-state index contributed by atoms with van der Waals surface area (Å²) in [7, 11) is 1.63. The molecule has 0 saturated carbocycles. The number of thioether (sulfide) groups is 1. The number of aromatic amines is 1. The van der Waals surface area contributed by atoms with Gasteiger partial charge in [-0.25, -0.2) is 14.6 Å². The van der Waals surface area contributed by atoms with Gasteiger partial charge in [-0.1, -0.05) is 120 Å². The Morgan fingerprint density at radius 2 is 1.54 bits per heavy atom. The molecule has 46 heavy (non-hydrogen) atoms. The second-order valence-electron chi connectivity index (χ2n) is 12.0. The number of aryl methyl sites for hydroxylation is 1. The van der Waals surface area contributed by atoms with Crippen LogP contribution in [0.15, 0.2) is 58.9 Å². The van der Waals surface area contributed by atoms with Crippen molar-refractivity contribution < 1.29 is 19.1 Å². The molecule has 2 aromatic carbocycles. The van der Waals surface area contributed by atoms with Crippen LogP contribution in [0.2, 0.25) is 0 Å². The molecule has 1 atom stereocenters. The largest absolute Gasteiger partial charge is 0.496 e. The van der Waals surface area contributed by atoms with Gasteiger partial charge in [0.2, 0.25) is 0 Å². The van der Waals surface area contributed by atoms with Crippen LogP contribution in [0, 0.1) is 0 Å². The van der Waals surface area contributed by atoms with Gasteiger partial charge in [0.05, 0.1) is 36.4 Å². The summed E-state index contributed by atoms with van der Waals surface area (Å²) in [5, 5.41) is 6.61. The van der Waals surface area contributed by atoms with Gasteiger partial charge in [0.1, 0.15) is 5.75 Å². The molecule has 0 saturated heterocycles. The first kappa shape index (κ1) is 35.4. The Kier molecular flexibility index (Phi) is 14.8. The standard InChI is InChI=1S/C37H52N4O4S/c1-4-6-7-8-9-10-11-12-13-14-15-16-17-21-27-22-20-25-31(44-3)32(27)34-33(35(42)45-5-2)30(38-36(43)41-34)26-46-37-39-28-23-18-19-24-29(28)40-37/h18-20,22-25,34H,4-17,21,26H2,1-3H3,(H,39,40)(H2,38,41,43). The molecule has 1 aliphatic heterocycles. The van der Waals surface area contributed by atoms with Gasteiger partial charge in [-0.2, -0.15) is 0 Å². The van der Waals surface area contributed by atoms with E-state index in [9.17, 15) is 9.59 Å². The Balaban J connectivity index is 1.42. The van der Waals surface area contributed by atoms with E-state index in [0.29, 0.717) is 27.9 Å². The minimum absolute atomic E-state index is 0.227. The minimum atomic E-state index is -0.702. The van der Waals surface area contributed by atoms with Crippen LogP contribution in [0.25, 0.3) is 11.0 Å². The minimum Gasteiger partial charge on any atom is -0.496 e. The van der Waals surface area contributed by atoms with Crippen molar-refractivity contribution in [1.29, 1.82) is 0 Å². The number of H-pyrrole nitrogens is 1. The fraction of sp³-hybridized carbons (Fsp3) is 0.541. The zero-order chi connectivity index (χ0) is 32.6.